The zero-order valence-corrected chi connectivity index (χ0v) is 17.5. The second-order valence-electron chi connectivity index (χ2n) is 8.02. The number of aliphatic hydroxyl groups is 1. The molecule has 0 amide bonds. The van der Waals surface area contributed by atoms with Gasteiger partial charge in [-0.05, 0) is 50.8 Å². The van der Waals surface area contributed by atoms with Gasteiger partial charge in [0.1, 0.15) is 25.0 Å². The number of nitrogens with one attached hydrogen (secondary N) is 1. The van der Waals surface area contributed by atoms with Gasteiger partial charge in [0, 0.05) is 23.6 Å². The number of ether oxygens (including phenoxy) is 2. The lowest BCUT2D eigenvalue weighted by molar-refractivity contribution is -0.909. The maximum Gasteiger partial charge on any atom is 0.340 e. The summed E-state index contributed by atoms with van der Waals surface area (Å²) < 4.78 is 13.1. The summed E-state index contributed by atoms with van der Waals surface area (Å²) >= 11 is 0. The first-order chi connectivity index (χ1) is 13.4. The second kappa shape index (κ2) is 8.97. The Balaban J connectivity index is 1.68. The molecule has 0 bridgehead atoms. The van der Waals surface area contributed by atoms with Crippen LogP contribution in [0.2, 0.25) is 0 Å². The van der Waals surface area contributed by atoms with Gasteiger partial charge in [0.05, 0.1) is 25.3 Å². The number of benzene rings is 1. The van der Waals surface area contributed by atoms with Crippen LogP contribution >= 0.6 is 0 Å². The van der Waals surface area contributed by atoms with E-state index in [2.05, 4.69) is 6.92 Å². The fourth-order valence-electron chi connectivity index (χ4n) is 4.06. The molecule has 0 radical (unpaired) electrons. The summed E-state index contributed by atoms with van der Waals surface area (Å²) in [5.41, 5.74) is 2.41. The molecule has 0 saturated carbocycles. The summed E-state index contributed by atoms with van der Waals surface area (Å²) in [5, 5.41) is 11.2. The second-order valence-corrected chi connectivity index (χ2v) is 8.02. The summed E-state index contributed by atoms with van der Waals surface area (Å²) in [6.07, 6.45) is 1.95. The van der Waals surface area contributed by atoms with Crippen molar-refractivity contribution in [2.45, 2.75) is 39.7 Å². The van der Waals surface area contributed by atoms with Crippen LogP contribution in [0.5, 0.6) is 5.75 Å². The molecule has 1 saturated heterocycles. The molecule has 0 spiro atoms. The number of rotatable bonds is 7. The maximum atomic E-state index is 12.4. The highest BCUT2D eigenvalue weighted by molar-refractivity contribution is 6.06. The fraction of sp³-hybridized carbons (Fsp3) is 0.591. The number of aromatic nitrogens is 1. The Morgan fingerprint density at radius 1 is 1.36 bits per heavy atom. The van der Waals surface area contributed by atoms with E-state index in [1.165, 1.54) is 17.7 Å². The van der Waals surface area contributed by atoms with Crippen LogP contribution in [0.15, 0.2) is 18.2 Å². The molecule has 1 aromatic carbocycles. The van der Waals surface area contributed by atoms with Crippen LogP contribution in [0, 0.1) is 12.8 Å². The van der Waals surface area contributed by atoms with Crippen LogP contribution in [-0.4, -0.2) is 54.6 Å². The van der Waals surface area contributed by atoms with Crippen molar-refractivity contribution in [1.29, 1.82) is 0 Å². The van der Waals surface area contributed by atoms with E-state index in [1.807, 2.05) is 36.7 Å². The number of hydrogen-bond acceptors (Lipinski definition) is 4. The zero-order chi connectivity index (χ0) is 20.3. The Morgan fingerprint density at radius 3 is 2.75 bits per heavy atom. The highest BCUT2D eigenvalue weighted by Gasteiger charge is 2.23. The van der Waals surface area contributed by atoms with Crippen molar-refractivity contribution in [2.24, 2.45) is 13.0 Å². The molecule has 6 nitrogen and oxygen atoms in total. The summed E-state index contributed by atoms with van der Waals surface area (Å²) in [4.78, 5) is 13.8. The van der Waals surface area contributed by atoms with Gasteiger partial charge in [-0.1, -0.05) is 6.92 Å². The number of carbonyl (C=O) groups is 1. The third-order valence-electron chi connectivity index (χ3n) is 5.89. The average Bonchev–Trinajstić information content (AvgIpc) is 2.92. The van der Waals surface area contributed by atoms with Gasteiger partial charge in [-0.25, -0.2) is 4.79 Å². The van der Waals surface area contributed by atoms with Crippen LogP contribution in [0.3, 0.4) is 0 Å². The van der Waals surface area contributed by atoms with E-state index in [0.29, 0.717) is 24.5 Å². The van der Waals surface area contributed by atoms with Crippen molar-refractivity contribution in [3.63, 3.8) is 0 Å². The maximum absolute atomic E-state index is 12.4. The number of piperidine rings is 1. The number of fused-ring (bicyclic) bond motifs is 1. The van der Waals surface area contributed by atoms with Crippen LogP contribution in [0.1, 0.15) is 42.7 Å². The first-order valence-electron chi connectivity index (χ1n) is 10.3. The molecule has 0 aliphatic carbocycles. The molecule has 1 unspecified atom stereocenters. The summed E-state index contributed by atoms with van der Waals surface area (Å²) in [5.74, 6) is 1.14. The van der Waals surface area contributed by atoms with Gasteiger partial charge in [0.25, 0.3) is 0 Å². The number of hydrogen-bond donors (Lipinski definition) is 2. The van der Waals surface area contributed by atoms with Gasteiger partial charge in [0.15, 0.2) is 0 Å². The van der Waals surface area contributed by atoms with Gasteiger partial charge in [-0.3, -0.25) is 0 Å². The van der Waals surface area contributed by atoms with Crippen LogP contribution in [0.4, 0.5) is 0 Å². The number of esters is 1. The third kappa shape index (κ3) is 4.50. The Bertz CT molecular complexity index is 822. The molecule has 6 heteroatoms. The van der Waals surface area contributed by atoms with E-state index < -0.39 is 6.10 Å². The van der Waals surface area contributed by atoms with Crippen molar-refractivity contribution < 1.29 is 24.3 Å². The molecule has 1 aromatic heterocycles. The van der Waals surface area contributed by atoms with E-state index in [-0.39, 0.29) is 12.6 Å². The summed E-state index contributed by atoms with van der Waals surface area (Å²) in [6, 6.07) is 5.71. The van der Waals surface area contributed by atoms with E-state index >= 15 is 0 Å². The topological polar surface area (TPSA) is 65.1 Å². The normalized spacial score (nSPS) is 20.9. The lowest BCUT2D eigenvalue weighted by atomic mass is 9.99. The fourth-order valence-corrected chi connectivity index (χ4v) is 4.06. The molecule has 154 valence electrons. The Labute approximate surface area is 167 Å². The quantitative estimate of drug-likeness (QED) is 0.708. The monoisotopic (exact) mass is 389 g/mol. The van der Waals surface area contributed by atoms with Gasteiger partial charge >= 0.3 is 5.97 Å². The van der Waals surface area contributed by atoms with Gasteiger partial charge in [-0.15, -0.1) is 0 Å². The van der Waals surface area contributed by atoms with Crippen molar-refractivity contribution in [1.82, 2.24) is 4.57 Å². The lowest BCUT2D eigenvalue weighted by Crippen LogP contribution is -3.14. The van der Waals surface area contributed by atoms with Crippen molar-refractivity contribution in [3.05, 3.63) is 29.5 Å². The summed E-state index contributed by atoms with van der Waals surface area (Å²) in [7, 11) is 1.94. The highest BCUT2D eigenvalue weighted by atomic mass is 16.5. The number of aryl methyl sites for hydroxylation is 1. The Morgan fingerprint density at radius 2 is 2.07 bits per heavy atom. The van der Waals surface area contributed by atoms with E-state index in [9.17, 15) is 9.90 Å². The Kier molecular flexibility index (Phi) is 6.62. The number of carbonyl (C=O) groups excluding carboxylic acids is 1. The van der Waals surface area contributed by atoms with Crippen LogP contribution in [0.25, 0.3) is 10.9 Å². The molecule has 2 heterocycles. The number of nitrogens with zero attached hydrogens (tertiary/aromatic N) is 1. The highest BCUT2D eigenvalue weighted by Crippen LogP contribution is 2.29. The first kappa shape index (κ1) is 20.7. The first-order valence-corrected chi connectivity index (χ1v) is 10.3. The predicted octanol–water partition coefficient (Wildman–Crippen LogP) is 1.72. The molecule has 3 rings (SSSR count). The Hall–Kier alpha value is -2.05. The molecule has 1 aliphatic heterocycles. The molecule has 2 aromatic rings. The molecule has 2 N–H and O–H groups in total. The lowest BCUT2D eigenvalue weighted by Gasteiger charge is -2.28. The number of likely N-dealkylation sites (tertiary alicyclic amines) is 1. The molecule has 1 fully saturated rings. The molecule has 1 atom stereocenters. The third-order valence-corrected chi connectivity index (χ3v) is 5.89. The van der Waals surface area contributed by atoms with E-state index in [4.69, 9.17) is 9.47 Å². The van der Waals surface area contributed by atoms with Crippen molar-refractivity contribution in [2.75, 3.05) is 32.8 Å². The van der Waals surface area contributed by atoms with Crippen LogP contribution in [-0.2, 0) is 11.8 Å². The minimum atomic E-state index is -0.499. The zero-order valence-electron chi connectivity index (χ0n) is 17.5. The molecular weight excluding hydrogens is 356 g/mol. The smallest absolute Gasteiger partial charge is 0.340 e. The number of aliphatic hydroxyl groups excluding tert-OH is 1. The van der Waals surface area contributed by atoms with Crippen LogP contribution < -0.4 is 9.64 Å². The molecular formula is C22H33N2O4+. The van der Waals surface area contributed by atoms with Gasteiger partial charge in [0.2, 0.25) is 0 Å². The average molecular weight is 390 g/mol. The standard InChI is InChI=1S/C22H32N2O4/c1-5-27-22(26)21-16(3)23(4)20-7-6-18(12-19(20)21)28-14-17(25)13-24-10-8-15(2)9-11-24/h6-7,12,15,17,25H,5,8-11,13-14H2,1-4H3/p+1. The minimum Gasteiger partial charge on any atom is -0.491 e. The number of quaternary nitrogens is 1. The van der Waals surface area contributed by atoms with E-state index in [0.717, 1.165) is 35.6 Å². The van der Waals surface area contributed by atoms with Crippen molar-refractivity contribution in [3.8, 4) is 5.75 Å². The van der Waals surface area contributed by atoms with Gasteiger partial charge < -0.3 is 24.0 Å². The molecule has 1 aliphatic rings. The van der Waals surface area contributed by atoms with Gasteiger partial charge in [-0.2, -0.15) is 0 Å². The SMILES string of the molecule is CCOC(=O)c1c(C)n(C)c2ccc(OCC(O)C[NH+]3CCC(C)CC3)cc12. The summed E-state index contributed by atoms with van der Waals surface area (Å²) in [6.45, 7) is 9.57. The van der Waals surface area contributed by atoms with Crippen molar-refractivity contribution >= 4 is 16.9 Å². The predicted molar refractivity (Wildman–Crippen MR) is 109 cm³/mol. The molecule has 28 heavy (non-hydrogen) atoms. The largest absolute Gasteiger partial charge is 0.491 e. The minimum absolute atomic E-state index is 0.255. The van der Waals surface area contributed by atoms with E-state index in [1.54, 1.807) is 6.92 Å².